The molecule has 2 N–H and O–H groups in total. The predicted molar refractivity (Wildman–Crippen MR) is 103 cm³/mol. The molecule has 0 aliphatic heterocycles. The number of nitrogens with one attached hydrogen (secondary N) is 1. The minimum atomic E-state index is -0.100. The van der Waals surface area contributed by atoms with Crippen LogP contribution in [0, 0.1) is 0 Å². The normalized spacial score (nSPS) is 11.0. The molecular weight excluding hydrogens is 415 g/mol. The second-order valence-corrected chi connectivity index (χ2v) is 6.74. The second kappa shape index (κ2) is 8.51. The number of hydrogen-bond donors (Lipinski definition) is 2. The van der Waals surface area contributed by atoms with Gasteiger partial charge < -0.3 is 10.4 Å². The van der Waals surface area contributed by atoms with Crippen molar-refractivity contribution in [2.75, 3.05) is 5.32 Å². The van der Waals surface area contributed by atoms with Crippen LogP contribution in [0.3, 0.4) is 0 Å². The van der Waals surface area contributed by atoms with Gasteiger partial charge in [-0.05, 0) is 52.7 Å². The summed E-state index contributed by atoms with van der Waals surface area (Å²) in [5.41, 5.74) is 1.56. The first-order chi connectivity index (χ1) is 11.4. The number of benzene rings is 2. The summed E-state index contributed by atoms with van der Waals surface area (Å²) in [6, 6.07) is 8.24. The highest BCUT2D eigenvalue weighted by molar-refractivity contribution is 9.10. The van der Waals surface area contributed by atoms with Crippen molar-refractivity contribution in [1.29, 1.82) is 0 Å². The van der Waals surface area contributed by atoms with E-state index in [1.807, 2.05) is 6.92 Å². The SMILES string of the molecule is CCCC(=O)Nc1cc(N=Cc2cc(Cl)cc(Br)c2O)ccc1Cl. The number of aliphatic imine (C=N–C) groups is 1. The Morgan fingerprint density at radius 3 is 2.79 bits per heavy atom. The maximum absolute atomic E-state index is 11.7. The molecule has 1 amide bonds. The molecule has 0 unspecified atom stereocenters. The highest BCUT2D eigenvalue weighted by atomic mass is 79.9. The van der Waals surface area contributed by atoms with Crippen molar-refractivity contribution in [1.82, 2.24) is 0 Å². The van der Waals surface area contributed by atoms with Crippen molar-refractivity contribution in [2.24, 2.45) is 4.99 Å². The van der Waals surface area contributed by atoms with Crippen molar-refractivity contribution in [3.05, 3.63) is 50.4 Å². The van der Waals surface area contributed by atoms with Gasteiger partial charge in [0, 0.05) is 23.2 Å². The van der Waals surface area contributed by atoms with Crippen LogP contribution >= 0.6 is 39.1 Å². The van der Waals surface area contributed by atoms with Crippen LogP contribution in [-0.2, 0) is 4.79 Å². The number of amides is 1. The van der Waals surface area contributed by atoms with Crippen LogP contribution in [-0.4, -0.2) is 17.2 Å². The number of phenolic OH excluding ortho intramolecular Hbond substituents is 1. The minimum Gasteiger partial charge on any atom is -0.506 e. The number of hydrogen-bond acceptors (Lipinski definition) is 3. The second-order valence-electron chi connectivity index (χ2n) is 5.05. The number of aromatic hydroxyl groups is 1. The molecule has 0 saturated carbocycles. The summed E-state index contributed by atoms with van der Waals surface area (Å²) in [6.07, 6.45) is 2.67. The lowest BCUT2D eigenvalue weighted by Crippen LogP contribution is -2.10. The van der Waals surface area contributed by atoms with Crippen LogP contribution in [0.1, 0.15) is 25.3 Å². The highest BCUT2D eigenvalue weighted by Gasteiger charge is 2.07. The van der Waals surface area contributed by atoms with Gasteiger partial charge >= 0.3 is 0 Å². The molecule has 0 aromatic heterocycles. The Labute approximate surface area is 158 Å². The average Bonchev–Trinajstić information content (AvgIpc) is 2.52. The lowest BCUT2D eigenvalue weighted by atomic mass is 10.2. The zero-order chi connectivity index (χ0) is 17.7. The minimum absolute atomic E-state index is 0.0496. The number of nitrogens with zero attached hydrogens (tertiary/aromatic N) is 1. The molecule has 0 spiro atoms. The maximum atomic E-state index is 11.7. The van der Waals surface area contributed by atoms with Crippen molar-refractivity contribution >= 4 is 62.6 Å². The smallest absolute Gasteiger partial charge is 0.224 e. The van der Waals surface area contributed by atoms with Gasteiger partial charge in [0.1, 0.15) is 5.75 Å². The number of halogens is 3. The zero-order valence-corrected chi connectivity index (χ0v) is 15.9. The van der Waals surface area contributed by atoms with E-state index in [4.69, 9.17) is 23.2 Å². The summed E-state index contributed by atoms with van der Waals surface area (Å²) in [4.78, 5) is 16.0. The molecule has 2 aromatic carbocycles. The maximum Gasteiger partial charge on any atom is 0.224 e. The Kier molecular flexibility index (Phi) is 6.66. The Balaban J connectivity index is 2.26. The molecule has 2 rings (SSSR count). The summed E-state index contributed by atoms with van der Waals surface area (Å²) >= 11 is 15.3. The lowest BCUT2D eigenvalue weighted by Gasteiger charge is -2.07. The molecule has 0 atom stereocenters. The number of carbonyl (C=O) groups is 1. The number of carbonyl (C=O) groups excluding carboxylic acids is 1. The third-order valence-corrected chi connectivity index (χ3v) is 4.26. The van der Waals surface area contributed by atoms with Gasteiger partial charge in [0.2, 0.25) is 5.91 Å². The van der Waals surface area contributed by atoms with Crippen molar-refractivity contribution < 1.29 is 9.90 Å². The molecule has 0 aliphatic carbocycles. The topological polar surface area (TPSA) is 61.7 Å². The van der Waals surface area contributed by atoms with E-state index in [0.717, 1.165) is 6.42 Å². The summed E-state index contributed by atoms with van der Waals surface area (Å²) in [5, 5.41) is 13.7. The van der Waals surface area contributed by atoms with E-state index in [0.29, 0.717) is 37.9 Å². The van der Waals surface area contributed by atoms with Gasteiger partial charge in [0.25, 0.3) is 0 Å². The molecule has 4 nitrogen and oxygen atoms in total. The molecule has 0 heterocycles. The molecule has 24 heavy (non-hydrogen) atoms. The van der Waals surface area contributed by atoms with E-state index >= 15 is 0 Å². The first-order valence-electron chi connectivity index (χ1n) is 7.22. The third-order valence-electron chi connectivity index (χ3n) is 3.11. The van der Waals surface area contributed by atoms with Crippen LogP contribution in [0.5, 0.6) is 5.75 Å². The summed E-state index contributed by atoms with van der Waals surface area (Å²) in [6.45, 7) is 1.93. The van der Waals surface area contributed by atoms with Crippen LogP contribution in [0.4, 0.5) is 11.4 Å². The first kappa shape index (κ1) is 18.8. The van der Waals surface area contributed by atoms with Crippen molar-refractivity contribution in [3.63, 3.8) is 0 Å². The Bertz CT molecular complexity index is 794. The molecule has 0 saturated heterocycles. The Morgan fingerprint density at radius 2 is 2.08 bits per heavy atom. The average molecular weight is 430 g/mol. The number of phenols is 1. The first-order valence-corrected chi connectivity index (χ1v) is 8.77. The van der Waals surface area contributed by atoms with E-state index in [1.54, 1.807) is 30.3 Å². The van der Waals surface area contributed by atoms with Crippen LogP contribution in [0.25, 0.3) is 0 Å². The van der Waals surface area contributed by atoms with Gasteiger partial charge in [-0.15, -0.1) is 0 Å². The van der Waals surface area contributed by atoms with E-state index < -0.39 is 0 Å². The van der Waals surface area contributed by atoms with Gasteiger partial charge in [-0.25, -0.2) is 0 Å². The summed E-state index contributed by atoms with van der Waals surface area (Å²) in [5.74, 6) is -0.0504. The third kappa shape index (κ3) is 4.97. The molecule has 2 aromatic rings. The molecule has 126 valence electrons. The van der Waals surface area contributed by atoms with Crippen molar-refractivity contribution in [2.45, 2.75) is 19.8 Å². The zero-order valence-electron chi connectivity index (χ0n) is 12.8. The highest BCUT2D eigenvalue weighted by Crippen LogP contribution is 2.31. The standard InChI is InChI=1S/C17H15BrCl2N2O2/c1-2-3-16(23)22-15-8-12(4-5-14(15)20)21-9-10-6-11(19)7-13(18)17(10)24/h4-9,24H,2-3H2,1H3,(H,22,23). The molecule has 0 radical (unpaired) electrons. The molecule has 0 aliphatic rings. The molecule has 0 bridgehead atoms. The van der Waals surface area contributed by atoms with Crippen LogP contribution in [0.2, 0.25) is 10.0 Å². The largest absolute Gasteiger partial charge is 0.506 e. The van der Waals surface area contributed by atoms with Crippen molar-refractivity contribution in [3.8, 4) is 5.75 Å². The van der Waals surface area contributed by atoms with Gasteiger partial charge in [-0.3, -0.25) is 9.79 Å². The summed E-state index contributed by atoms with van der Waals surface area (Å²) < 4.78 is 0.486. The fourth-order valence-electron chi connectivity index (χ4n) is 1.96. The van der Waals surface area contributed by atoms with Gasteiger partial charge in [-0.1, -0.05) is 30.1 Å². The van der Waals surface area contributed by atoms with E-state index in [9.17, 15) is 9.90 Å². The lowest BCUT2D eigenvalue weighted by molar-refractivity contribution is -0.116. The summed E-state index contributed by atoms with van der Waals surface area (Å²) in [7, 11) is 0. The van der Waals surface area contributed by atoms with E-state index in [2.05, 4.69) is 26.2 Å². The van der Waals surface area contributed by atoms with E-state index in [1.165, 1.54) is 6.21 Å². The number of anilines is 1. The molecular formula is C17H15BrCl2N2O2. The Hall–Kier alpha value is -1.56. The van der Waals surface area contributed by atoms with Gasteiger partial charge in [0.15, 0.2) is 0 Å². The fourth-order valence-corrected chi connectivity index (χ4v) is 2.96. The monoisotopic (exact) mass is 428 g/mol. The van der Waals surface area contributed by atoms with E-state index in [-0.39, 0.29) is 11.7 Å². The fraction of sp³-hybridized carbons (Fsp3) is 0.176. The quantitative estimate of drug-likeness (QED) is 0.576. The van der Waals surface area contributed by atoms with Gasteiger partial charge in [-0.2, -0.15) is 0 Å². The predicted octanol–water partition coefficient (Wildman–Crippen LogP) is 5.95. The van der Waals surface area contributed by atoms with Gasteiger partial charge in [0.05, 0.1) is 20.9 Å². The molecule has 0 fully saturated rings. The molecule has 7 heteroatoms. The van der Waals surface area contributed by atoms with Crippen LogP contribution < -0.4 is 5.32 Å². The Morgan fingerprint density at radius 1 is 1.33 bits per heavy atom. The number of rotatable bonds is 5. The van der Waals surface area contributed by atoms with Crippen LogP contribution in [0.15, 0.2) is 39.8 Å².